The summed E-state index contributed by atoms with van der Waals surface area (Å²) < 4.78 is 12.9. The van der Waals surface area contributed by atoms with E-state index in [2.05, 4.69) is 58.9 Å². The monoisotopic (exact) mass is 674 g/mol. The van der Waals surface area contributed by atoms with Crippen LogP contribution in [0.1, 0.15) is 137 Å². The summed E-state index contributed by atoms with van der Waals surface area (Å²) in [5, 5.41) is 0. The Morgan fingerprint density at radius 1 is 0.540 bits per heavy atom. The van der Waals surface area contributed by atoms with E-state index in [1.807, 2.05) is 48.5 Å². The Labute approximate surface area is 303 Å². The van der Waals surface area contributed by atoms with Gasteiger partial charge in [0.05, 0.1) is 0 Å². The topological polar surface area (TPSA) is 70.5 Å². The average Bonchev–Trinajstić information content (AvgIpc) is 3.10. The molecule has 4 nitrogen and oxygen atoms in total. The number of nitrogen functional groups attached to an aromatic ring is 2. The molecule has 4 aromatic rings. The van der Waals surface area contributed by atoms with E-state index >= 15 is 0 Å². The highest BCUT2D eigenvalue weighted by Gasteiger charge is 2.39. The summed E-state index contributed by atoms with van der Waals surface area (Å²) in [6, 6.07) is 24.9. The normalized spacial score (nSPS) is 14.5. The summed E-state index contributed by atoms with van der Waals surface area (Å²) in [7, 11) is 0. The molecule has 268 valence electrons. The van der Waals surface area contributed by atoms with Crippen molar-refractivity contribution >= 4 is 11.4 Å². The van der Waals surface area contributed by atoms with E-state index < -0.39 is 0 Å². The summed E-state index contributed by atoms with van der Waals surface area (Å²) in [5.41, 5.74) is 20.8. The maximum Gasteiger partial charge on any atom is 0.133 e. The number of anilines is 2. The zero-order valence-electron chi connectivity index (χ0n) is 31.6. The van der Waals surface area contributed by atoms with Crippen LogP contribution in [0.2, 0.25) is 0 Å². The van der Waals surface area contributed by atoms with E-state index in [-0.39, 0.29) is 5.41 Å². The number of benzene rings is 4. The van der Waals surface area contributed by atoms with Crippen LogP contribution in [0.5, 0.6) is 23.0 Å². The first kappa shape index (κ1) is 37.3. The van der Waals surface area contributed by atoms with Gasteiger partial charge >= 0.3 is 0 Å². The molecule has 0 saturated heterocycles. The summed E-state index contributed by atoms with van der Waals surface area (Å²) in [6.07, 6.45) is 20.2. The minimum absolute atomic E-state index is 0.0568. The zero-order valence-corrected chi connectivity index (χ0v) is 31.6. The van der Waals surface area contributed by atoms with Crippen LogP contribution < -0.4 is 20.9 Å². The lowest BCUT2D eigenvalue weighted by atomic mass is 9.62. The number of hydrogen-bond acceptors (Lipinski definition) is 4. The van der Waals surface area contributed by atoms with Crippen molar-refractivity contribution in [2.75, 3.05) is 11.5 Å². The van der Waals surface area contributed by atoms with Gasteiger partial charge in [-0.3, -0.25) is 0 Å². The largest absolute Gasteiger partial charge is 0.457 e. The fourth-order valence-corrected chi connectivity index (χ4v) is 8.21. The first-order chi connectivity index (χ1) is 24.2. The Balaban J connectivity index is 1.34. The molecule has 0 bridgehead atoms. The maximum absolute atomic E-state index is 6.43. The van der Waals surface area contributed by atoms with Gasteiger partial charge in [0.25, 0.3) is 0 Å². The van der Waals surface area contributed by atoms with Crippen molar-refractivity contribution in [1.29, 1.82) is 0 Å². The molecule has 0 amide bonds. The molecule has 50 heavy (non-hydrogen) atoms. The van der Waals surface area contributed by atoms with E-state index in [1.54, 1.807) is 0 Å². The lowest BCUT2D eigenvalue weighted by Crippen LogP contribution is -2.33. The third-order valence-electron chi connectivity index (χ3n) is 11.2. The molecule has 1 aliphatic rings. The predicted octanol–water partition coefficient (Wildman–Crippen LogP) is 13.5. The van der Waals surface area contributed by atoms with Crippen LogP contribution >= 0.6 is 0 Å². The van der Waals surface area contributed by atoms with Crippen molar-refractivity contribution < 1.29 is 9.47 Å². The van der Waals surface area contributed by atoms with Gasteiger partial charge in [0.1, 0.15) is 23.0 Å². The highest BCUT2D eigenvalue weighted by atomic mass is 16.5. The second kappa shape index (κ2) is 17.8. The molecule has 4 heteroatoms. The van der Waals surface area contributed by atoms with E-state index in [9.17, 15) is 0 Å². The number of rotatable bonds is 17. The number of unbranched alkanes of at least 4 members (excludes halogenated alkanes) is 9. The lowest BCUT2D eigenvalue weighted by Gasteiger charge is -2.42. The van der Waals surface area contributed by atoms with Crippen molar-refractivity contribution in [3.63, 3.8) is 0 Å². The van der Waals surface area contributed by atoms with Gasteiger partial charge in [-0.15, -0.1) is 0 Å². The Morgan fingerprint density at radius 3 is 1.28 bits per heavy atom. The van der Waals surface area contributed by atoms with E-state index in [4.69, 9.17) is 20.9 Å². The molecule has 0 aliphatic heterocycles. The molecule has 0 spiro atoms. The third kappa shape index (κ3) is 9.65. The third-order valence-corrected chi connectivity index (χ3v) is 11.2. The molecule has 0 aromatic heterocycles. The number of nitrogens with two attached hydrogens (primary N) is 2. The van der Waals surface area contributed by atoms with Crippen LogP contribution in [0.4, 0.5) is 11.4 Å². The van der Waals surface area contributed by atoms with Gasteiger partial charge in [-0.25, -0.2) is 0 Å². The van der Waals surface area contributed by atoms with Crippen molar-refractivity contribution in [1.82, 2.24) is 0 Å². The Kier molecular flexibility index (Phi) is 13.3. The van der Waals surface area contributed by atoms with Crippen LogP contribution in [0, 0.1) is 33.6 Å². The molecular weight excluding hydrogens is 613 g/mol. The molecule has 0 atom stereocenters. The quantitative estimate of drug-likeness (QED) is 0.0864. The molecular formula is C46H62N2O2. The number of hydrogen-bond donors (Lipinski definition) is 2. The average molecular weight is 675 g/mol. The summed E-state index contributed by atoms with van der Waals surface area (Å²) >= 11 is 0. The molecule has 4 N–H and O–H groups in total. The smallest absolute Gasteiger partial charge is 0.133 e. The van der Waals surface area contributed by atoms with Crippen LogP contribution in [0.15, 0.2) is 72.8 Å². The molecule has 1 fully saturated rings. The second-order valence-electron chi connectivity index (χ2n) is 15.2. The van der Waals surface area contributed by atoms with Gasteiger partial charge in [0.15, 0.2) is 0 Å². The highest BCUT2D eigenvalue weighted by molar-refractivity contribution is 5.55. The molecule has 0 radical (unpaired) electrons. The minimum Gasteiger partial charge on any atom is -0.457 e. The van der Waals surface area contributed by atoms with Crippen LogP contribution in [-0.4, -0.2) is 0 Å². The fourth-order valence-electron chi connectivity index (χ4n) is 8.21. The lowest BCUT2D eigenvalue weighted by molar-refractivity contribution is 0.249. The molecule has 4 aromatic carbocycles. The van der Waals surface area contributed by atoms with Crippen LogP contribution in [0.25, 0.3) is 0 Å². The number of aryl methyl sites for hydroxylation is 4. The summed E-state index contributed by atoms with van der Waals surface area (Å²) in [5.74, 6) is 4.29. The number of ether oxygens (including phenoxy) is 2. The molecule has 5 rings (SSSR count). The van der Waals surface area contributed by atoms with Gasteiger partial charge in [-0.05, 0) is 141 Å². The van der Waals surface area contributed by atoms with Gasteiger partial charge in [-0.2, -0.15) is 0 Å². The second-order valence-corrected chi connectivity index (χ2v) is 15.2. The Morgan fingerprint density at radius 2 is 0.900 bits per heavy atom. The first-order valence-electron chi connectivity index (χ1n) is 19.5. The zero-order chi connectivity index (χ0) is 35.5. The van der Waals surface area contributed by atoms with E-state index in [1.165, 1.54) is 117 Å². The molecule has 0 heterocycles. The predicted molar refractivity (Wildman–Crippen MR) is 213 cm³/mol. The van der Waals surface area contributed by atoms with Gasteiger partial charge in [0.2, 0.25) is 0 Å². The van der Waals surface area contributed by atoms with Crippen molar-refractivity contribution in [2.45, 2.75) is 136 Å². The first-order valence-corrected chi connectivity index (χ1v) is 19.5. The SMILES string of the molecule is CCCCCCCCCCCCC1CCC(c2cc(C)c(Oc3ccc(N)cc3)c(C)c2)(c2cc(C)c(Oc3ccc(N)cc3)c(C)c2)CC1. The van der Waals surface area contributed by atoms with Gasteiger partial charge in [-0.1, -0.05) is 102 Å². The maximum atomic E-state index is 6.43. The van der Waals surface area contributed by atoms with Gasteiger partial charge in [0, 0.05) is 16.8 Å². The molecule has 1 saturated carbocycles. The van der Waals surface area contributed by atoms with Crippen molar-refractivity contribution in [3.05, 3.63) is 106 Å². The molecule has 1 aliphatic carbocycles. The fraction of sp³-hybridized carbons (Fsp3) is 0.478. The van der Waals surface area contributed by atoms with Crippen LogP contribution in [0.3, 0.4) is 0 Å². The van der Waals surface area contributed by atoms with E-state index in [0.717, 1.165) is 53.1 Å². The standard InChI is InChI=1S/C46H62N2O2/c1-6-7-8-9-10-11-12-13-14-15-16-37-25-27-46(28-26-37,38-29-33(2)44(34(3)30-38)49-42-21-17-40(47)18-22-42)39-31-35(4)45(36(5)32-39)50-43-23-19-41(48)20-24-43/h17-24,29-32,37H,6-16,25-28,47-48H2,1-5H3. The Hall–Kier alpha value is -3.92. The summed E-state index contributed by atoms with van der Waals surface area (Å²) in [4.78, 5) is 0. The van der Waals surface area contributed by atoms with Crippen molar-refractivity contribution in [3.8, 4) is 23.0 Å². The molecule has 0 unspecified atom stereocenters. The van der Waals surface area contributed by atoms with Crippen LogP contribution in [-0.2, 0) is 5.41 Å². The van der Waals surface area contributed by atoms with Gasteiger partial charge < -0.3 is 20.9 Å². The van der Waals surface area contributed by atoms with Crippen molar-refractivity contribution in [2.24, 2.45) is 5.92 Å². The Bertz CT molecular complexity index is 1500. The highest BCUT2D eigenvalue weighted by Crippen LogP contribution is 2.50. The summed E-state index contributed by atoms with van der Waals surface area (Å²) in [6.45, 7) is 11.0. The van der Waals surface area contributed by atoms with E-state index in [0.29, 0.717) is 0 Å². The minimum atomic E-state index is -0.0568.